The van der Waals surface area contributed by atoms with Crippen LogP contribution in [0.1, 0.15) is 36.9 Å². The van der Waals surface area contributed by atoms with Crippen LogP contribution in [-0.4, -0.2) is 28.8 Å². The fourth-order valence-corrected chi connectivity index (χ4v) is 3.18. The Balaban J connectivity index is 0.00000280. The third-order valence-corrected chi connectivity index (χ3v) is 4.81. The van der Waals surface area contributed by atoms with E-state index in [0.717, 1.165) is 44.0 Å². The summed E-state index contributed by atoms with van der Waals surface area (Å²) < 4.78 is 39.0. The van der Waals surface area contributed by atoms with Gasteiger partial charge in [0.2, 0.25) is 5.91 Å². The summed E-state index contributed by atoms with van der Waals surface area (Å²) >= 11 is 0. The molecule has 1 fully saturated rings. The number of carbonyl (C=O) groups is 1. The molecule has 0 bridgehead atoms. The number of alkyl halides is 3. The Kier molecular flexibility index (Phi) is 7.88. The molecule has 1 aliphatic heterocycles. The highest BCUT2D eigenvalue weighted by atomic mass is 35.5. The predicted octanol–water partition coefficient (Wildman–Crippen LogP) is 3.71. The van der Waals surface area contributed by atoms with Crippen LogP contribution in [-0.2, 0) is 17.5 Å². The Morgan fingerprint density at radius 3 is 2.46 bits per heavy atom. The SMILES string of the molecule is Cl.O=C(CCC1CCNCC1)NCc1ccc(-n2ccc(C(F)(F)F)n2)cc1. The van der Waals surface area contributed by atoms with Crippen LogP contribution < -0.4 is 10.6 Å². The summed E-state index contributed by atoms with van der Waals surface area (Å²) in [5.74, 6) is 0.645. The van der Waals surface area contributed by atoms with Gasteiger partial charge in [0.15, 0.2) is 5.69 Å². The Bertz CT molecular complexity index is 755. The van der Waals surface area contributed by atoms with Crippen LogP contribution in [0.25, 0.3) is 5.69 Å². The molecule has 2 aromatic rings. The fourth-order valence-electron chi connectivity index (χ4n) is 3.18. The maximum atomic E-state index is 12.6. The first-order valence-corrected chi connectivity index (χ1v) is 9.11. The van der Waals surface area contributed by atoms with Crippen LogP contribution in [0.15, 0.2) is 36.5 Å². The first kappa shape index (κ1) is 22.2. The minimum Gasteiger partial charge on any atom is -0.352 e. The molecule has 3 rings (SSSR count). The Hall–Kier alpha value is -2.06. The molecule has 154 valence electrons. The first-order chi connectivity index (χ1) is 12.9. The van der Waals surface area contributed by atoms with E-state index in [4.69, 9.17) is 0 Å². The second kappa shape index (κ2) is 9.93. The van der Waals surface area contributed by atoms with Gasteiger partial charge < -0.3 is 10.6 Å². The van der Waals surface area contributed by atoms with Gasteiger partial charge in [-0.25, -0.2) is 4.68 Å². The predicted molar refractivity (Wildman–Crippen MR) is 102 cm³/mol. The van der Waals surface area contributed by atoms with Crippen LogP contribution >= 0.6 is 12.4 Å². The second-order valence-electron chi connectivity index (χ2n) is 6.82. The highest BCUT2D eigenvalue weighted by Gasteiger charge is 2.33. The Labute approximate surface area is 168 Å². The molecule has 2 N–H and O–H groups in total. The molecule has 1 amide bonds. The van der Waals surface area contributed by atoms with Gasteiger partial charge in [-0.05, 0) is 62.0 Å². The summed E-state index contributed by atoms with van der Waals surface area (Å²) in [7, 11) is 0. The number of rotatable bonds is 6. The molecule has 1 aromatic carbocycles. The summed E-state index contributed by atoms with van der Waals surface area (Å²) in [4.78, 5) is 12.0. The van der Waals surface area contributed by atoms with Crippen molar-refractivity contribution in [3.63, 3.8) is 0 Å². The van der Waals surface area contributed by atoms with Crippen LogP contribution in [0.3, 0.4) is 0 Å². The quantitative estimate of drug-likeness (QED) is 0.754. The minimum atomic E-state index is -4.45. The van der Waals surface area contributed by atoms with E-state index in [9.17, 15) is 18.0 Å². The highest BCUT2D eigenvalue weighted by Crippen LogP contribution is 2.27. The summed E-state index contributed by atoms with van der Waals surface area (Å²) in [5.41, 5.74) is 0.497. The number of benzene rings is 1. The Morgan fingerprint density at radius 1 is 1.18 bits per heavy atom. The smallest absolute Gasteiger partial charge is 0.352 e. The molecule has 9 heteroatoms. The second-order valence-corrected chi connectivity index (χ2v) is 6.82. The number of hydrogen-bond acceptors (Lipinski definition) is 3. The van der Waals surface area contributed by atoms with Gasteiger partial charge in [0.25, 0.3) is 0 Å². The van der Waals surface area contributed by atoms with Gasteiger partial charge in [-0.2, -0.15) is 18.3 Å². The van der Waals surface area contributed by atoms with E-state index in [1.807, 2.05) is 0 Å². The Morgan fingerprint density at radius 2 is 1.86 bits per heavy atom. The third kappa shape index (κ3) is 6.24. The molecule has 0 saturated carbocycles. The lowest BCUT2D eigenvalue weighted by molar-refractivity contribution is -0.141. The molecule has 0 radical (unpaired) electrons. The van der Waals surface area contributed by atoms with E-state index in [-0.39, 0.29) is 18.3 Å². The van der Waals surface area contributed by atoms with E-state index in [1.54, 1.807) is 24.3 Å². The number of carbonyl (C=O) groups excluding carboxylic acids is 1. The van der Waals surface area contributed by atoms with Crippen molar-refractivity contribution in [3.05, 3.63) is 47.8 Å². The molecule has 5 nitrogen and oxygen atoms in total. The topological polar surface area (TPSA) is 59.0 Å². The van der Waals surface area contributed by atoms with Crippen LogP contribution in [0, 0.1) is 5.92 Å². The number of halogens is 4. The lowest BCUT2D eigenvalue weighted by Crippen LogP contribution is -2.29. The van der Waals surface area contributed by atoms with Gasteiger partial charge in [0.1, 0.15) is 0 Å². The van der Waals surface area contributed by atoms with E-state index in [2.05, 4.69) is 15.7 Å². The van der Waals surface area contributed by atoms with Crippen LogP contribution in [0.2, 0.25) is 0 Å². The van der Waals surface area contributed by atoms with Crippen molar-refractivity contribution in [3.8, 4) is 5.69 Å². The van der Waals surface area contributed by atoms with Gasteiger partial charge in [0, 0.05) is 19.2 Å². The lowest BCUT2D eigenvalue weighted by atomic mass is 9.93. The molecule has 1 aliphatic rings. The van der Waals surface area contributed by atoms with E-state index >= 15 is 0 Å². The monoisotopic (exact) mass is 416 g/mol. The van der Waals surface area contributed by atoms with Gasteiger partial charge >= 0.3 is 6.18 Å². The number of aromatic nitrogens is 2. The fraction of sp³-hybridized carbons (Fsp3) is 0.474. The lowest BCUT2D eigenvalue weighted by Gasteiger charge is -2.22. The summed E-state index contributed by atoms with van der Waals surface area (Å²) in [6, 6.07) is 7.86. The number of amides is 1. The van der Waals surface area contributed by atoms with E-state index in [1.165, 1.54) is 10.9 Å². The van der Waals surface area contributed by atoms with Crippen molar-refractivity contribution in [2.75, 3.05) is 13.1 Å². The zero-order valence-electron chi connectivity index (χ0n) is 15.3. The van der Waals surface area contributed by atoms with Gasteiger partial charge in [-0.3, -0.25) is 4.79 Å². The maximum Gasteiger partial charge on any atom is 0.435 e. The normalized spacial score (nSPS) is 15.1. The van der Waals surface area contributed by atoms with Crippen molar-refractivity contribution in [1.82, 2.24) is 20.4 Å². The summed E-state index contributed by atoms with van der Waals surface area (Å²) in [6.45, 7) is 2.46. The average molecular weight is 417 g/mol. The molecule has 0 atom stereocenters. The van der Waals surface area contributed by atoms with Gasteiger partial charge in [-0.15, -0.1) is 12.4 Å². The van der Waals surface area contributed by atoms with Crippen molar-refractivity contribution >= 4 is 18.3 Å². The highest BCUT2D eigenvalue weighted by molar-refractivity contribution is 5.85. The minimum absolute atomic E-state index is 0. The number of nitrogens with one attached hydrogen (secondary N) is 2. The van der Waals surface area contributed by atoms with Crippen molar-refractivity contribution < 1.29 is 18.0 Å². The zero-order valence-corrected chi connectivity index (χ0v) is 16.2. The van der Waals surface area contributed by atoms with Crippen molar-refractivity contribution in [1.29, 1.82) is 0 Å². The third-order valence-electron chi connectivity index (χ3n) is 4.81. The molecular formula is C19H24ClF3N4O. The van der Waals surface area contributed by atoms with Crippen molar-refractivity contribution in [2.24, 2.45) is 5.92 Å². The first-order valence-electron chi connectivity index (χ1n) is 9.11. The van der Waals surface area contributed by atoms with Gasteiger partial charge in [-0.1, -0.05) is 12.1 Å². The molecule has 0 aliphatic carbocycles. The molecule has 0 unspecified atom stereocenters. The number of hydrogen-bond donors (Lipinski definition) is 2. The van der Waals surface area contributed by atoms with Gasteiger partial charge in [0.05, 0.1) is 5.69 Å². The number of nitrogens with zero attached hydrogens (tertiary/aromatic N) is 2. The van der Waals surface area contributed by atoms with Crippen LogP contribution in [0.4, 0.5) is 13.2 Å². The number of piperidine rings is 1. The summed E-state index contributed by atoms with van der Waals surface area (Å²) in [5, 5.41) is 9.75. The molecule has 28 heavy (non-hydrogen) atoms. The standard InChI is InChI=1S/C19H23F3N4O.ClH/c20-19(21,22)17-9-12-26(25-17)16-4-1-15(2-5-16)13-24-18(27)6-3-14-7-10-23-11-8-14;/h1-2,4-5,9,12,14,23H,3,6-8,10-11,13H2,(H,24,27);1H. The summed E-state index contributed by atoms with van der Waals surface area (Å²) in [6.07, 6.45) is 0.504. The molecule has 0 spiro atoms. The van der Waals surface area contributed by atoms with E-state index in [0.29, 0.717) is 24.6 Å². The van der Waals surface area contributed by atoms with E-state index < -0.39 is 11.9 Å². The molecular weight excluding hydrogens is 393 g/mol. The largest absolute Gasteiger partial charge is 0.435 e. The molecule has 1 saturated heterocycles. The molecule has 1 aromatic heterocycles. The molecule has 2 heterocycles. The van der Waals surface area contributed by atoms with Crippen molar-refractivity contribution in [2.45, 2.75) is 38.4 Å². The van der Waals surface area contributed by atoms with Crippen LogP contribution in [0.5, 0.6) is 0 Å². The zero-order chi connectivity index (χ0) is 19.3. The average Bonchev–Trinajstić information content (AvgIpc) is 3.17. The maximum absolute atomic E-state index is 12.6.